The van der Waals surface area contributed by atoms with Gasteiger partial charge in [0.05, 0.1) is 11.6 Å². The second-order valence-corrected chi connectivity index (χ2v) is 5.41. The van der Waals surface area contributed by atoms with Crippen LogP contribution in [0.15, 0.2) is 48.5 Å². The summed E-state index contributed by atoms with van der Waals surface area (Å²) in [7, 11) is 0. The van der Waals surface area contributed by atoms with E-state index in [1.807, 2.05) is 51.1 Å². The number of benzene rings is 2. The molecule has 0 aliphatic carbocycles. The molecule has 0 bridgehead atoms. The summed E-state index contributed by atoms with van der Waals surface area (Å²) in [6.07, 6.45) is 0.100. The van der Waals surface area contributed by atoms with Crippen LogP contribution in [0.25, 0.3) is 0 Å². The Kier molecular flexibility index (Phi) is 4.09. The van der Waals surface area contributed by atoms with Gasteiger partial charge in [-0.25, -0.2) is 4.39 Å². The molecule has 0 fully saturated rings. The van der Waals surface area contributed by atoms with Crippen molar-refractivity contribution in [3.05, 3.63) is 65.5 Å². The number of halogens is 1. The predicted molar refractivity (Wildman–Crippen MR) is 79.2 cm³/mol. The van der Waals surface area contributed by atoms with Gasteiger partial charge < -0.3 is 10.5 Å². The Bertz CT molecular complexity index is 593. The minimum atomic E-state index is -0.765. The van der Waals surface area contributed by atoms with Crippen LogP contribution >= 0.6 is 0 Å². The summed E-state index contributed by atoms with van der Waals surface area (Å²) in [6.45, 7) is 5.82. The molecule has 0 amide bonds. The van der Waals surface area contributed by atoms with E-state index in [1.54, 1.807) is 6.07 Å². The average Bonchev–Trinajstić information content (AvgIpc) is 2.38. The summed E-state index contributed by atoms with van der Waals surface area (Å²) in [5, 5.41) is 0. The van der Waals surface area contributed by atoms with E-state index in [-0.39, 0.29) is 11.9 Å². The molecule has 2 rings (SSSR count). The van der Waals surface area contributed by atoms with E-state index in [9.17, 15) is 4.39 Å². The molecule has 2 N–H and O–H groups in total. The summed E-state index contributed by atoms with van der Waals surface area (Å²) < 4.78 is 19.1. The summed E-state index contributed by atoms with van der Waals surface area (Å²) >= 11 is 0. The van der Waals surface area contributed by atoms with Crippen LogP contribution in [-0.2, 0) is 5.54 Å². The Morgan fingerprint density at radius 1 is 1.05 bits per heavy atom. The second-order valence-electron chi connectivity index (χ2n) is 5.41. The fourth-order valence-corrected chi connectivity index (χ4v) is 2.14. The van der Waals surface area contributed by atoms with Crippen molar-refractivity contribution in [1.82, 2.24) is 0 Å². The summed E-state index contributed by atoms with van der Waals surface area (Å²) in [5.74, 6) is 0.485. The molecule has 3 heteroatoms. The molecule has 20 heavy (non-hydrogen) atoms. The van der Waals surface area contributed by atoms with Crippen molar-refractivity contribution < 1.29 is 9.13 Å². The molecule has 0 aliphatic rings. The largest absolute Gasteiger partial charge is 0.491 e. The summed E-state index contributed by atoms with van der Waals surface area (Å²) in [4.78, 5) is 0. The van der Waals surface area contributed by atoms with Crippen LogP contribution in [0, 0.1) is 5.82 Å². The van der Waals surface area contributed by atoms with Crippen molar-refractivity contribution in [2.45, 2.75) is 32.4 Å². The average molecular weight is 273 g/mol. The number of ether oxygens (including phenoxy) is 1. The third-order valence-electron chi connectivity index (χ3n) is 3.23. The quantitative estimate of drug-likeness (QED) is 0.918. The highest BCUT2D eigenvalue weighted by Crippen LogP contribution is 2.29. The maximum absolute atomic E-state index is 13.4. The van der Waals surface area contributed by atoms with E-state index >= 15 is 0 Å². The van der Waals surface area contributed by atoms with Crippen LogP contribution in [0.1, 0.15) is 31.9 Å². The second kappa shape index (κ2) is 5.63. The smallest absolute Gasteiger partial charge is 0.123 e. The van der Waals surface area contributed by atoms with Gasteiger partial charge in [-0.15, -0.1) is 0 Å². The van der Waals surface area contributed by atoms with Gasteiger partial charge in [-0.2, -0.15) is 0 Å². The highest BCUT2D eigenvalue weighted by atomic mass is 19.1. The SMILES string of the molecule is CC(C)Oc1cccc(C(C)(N)c2cccc(F)c2)c1. The van der Waals surface area contributed by atoms with E-state index in [1.165, 1.54) is 12.1 Å². The van der Waals surface area contributed by atoms with Crippen LogP contribution in [0.5, 0.6) is 5.75 Å². The molecule has 1 unspecified atom stereocenters. The fourth-order valence-electron chi connectivity index (χ4n) is 2.14. The van der Waals surface area contributed by atoms with Gasteiger partial charge >= 0.3 is 0 Å². The Balaban J connectivity index is 2.38. The molecule has 0 aliphatic heterocycles. The lowest BCUT2D eigenvalue weighted by Gasteiger charge is -2.26. The number of rotatable bonds is 4. The lowest BCUT2D eigenvalue weighted by atomic mass is 9.85. The normalized spacial score (nSPS) is 14.1. The Morgan fingerprint density at radius 2 is 1.65 bits per heavy atom. The van der Waals surface area contributed by atoms with E-state index in [4.69, 9.17) is 10.5 Å². The monoisotopic (exact) mass is 273 g/mol. The molecule has 0 saturated heterocycles. The van der Waals surface area contributed by atoms with Crippen molar-refractivity contribution in [2.75, 3.05) is 0 Å². The van der Waals surface area contributed by atoms with Crippen LogP contribution in [-0.4, -0.2) is 6.10 Å². The van der Waals surface area contributed by atoms with Crippen molar-refractivity contribution in [3.8, 4) is 5.75 Å². The lowest BCUT2D eigenvalue weighted by molar-refractivity contribution is 0.242. The van der Waals surface area contributed by atoms with Gasteiger partial charge in [0.25, 0.3) is 0 Å². The molecule has 0 saturated carbocycles. The molecule has 106 valence electrons. The molecule has 2 aromatic carbocycles. The zero-order valence-corrected chi connectivity index (χ0v) is 12.1. The van der Waals surface area contributed by atoms with Crippen LogP contribution in [0.4, 0.5) is 4.39 Å². The van der Waals surface area contributed by atoms with Gasteiger partial charge in [-0.3, -0.25) is 0 Å². The zero-order valence-electron chi connectivity index (χ0n) is 12.1. The van der Waals surface area contributed by atoms with Crippen molar-refractivity contribution in [1.29, 1.82) is 0 Å². The predicted octanol–water partition coefficient (Wildman–Crippen LogP) is 3.84. The van der Waals surface area contributed by atoms with E-state index < -0.39 is 5.54 Å². The number of nitrogens with two attached hydrogens (primary N) is 1. The third-order valence-corrected chi connectivity index (χ3v) is 3.23. The molecule has 0 aromatic heterocycles. The molecular weight excluding hydrogens is 253 g/mol. The first-order valence-corrected chi connectivity index (χ1v) is 6.71. The Labute approximate surface area is 119 Å². The molecule has 0 spiro atoms. The molecule has 1 atom stereocenters. The van der Waals surface area contributed by atoms with Crippen LogP contribution < -0.4 is 10.5 Å². The minimum absolute atomic E-state index is 0.100. The zero-order chi connectivity index (χ0) is 14.8. The van der Waals surface area contributed by atoms with Gasteiger partial charge in [0, 0.05) is 0 Å². The van der Waals surface area contributed by atoms with Gasteiger partial charge in [0.2, 0.25) is 0 Å². The standard InChI is InChI=1S/C17H20FNO/c1-12(2)20-16-9-5-7-14(11-16)17(3,19)13-6-4-8-15(18)10-13/h4-12H,19H2,1-3H3. The maximum atomic E-state index is 13.4. The fraction of sp³-hybridized carbons (Fsp3) is 0.294. The van der Waals surface area contributed by atoms with Crippen molar-refractivity contribution in [2.24, 2.45) is 5.73 Å². The molecule has 0 radical (unpaired) electrons. The minimum Gasteiger partial charge on any atom is -0.491 e. The van der Waals surface area contributed by atoms with Gasteiger partial charge in [0.1, 0.15) is 11.6 Å². The molecule has 2 aromatic rings. The summed E-state index contributed by atoms with van der Waals surface area (Å²) in [6, 6.07) is 14.0. The van der Waals surface area contributed by atoms with Crippen molar-refractivity contribution >= 4 is 0 Å². The third kappa shape index (κ3) is 3.17. The highest BCUT2D eigenvalue weighted by molar-refractivity contribution is 5.40. The molecule has 2 nitrogen and oxygen atoms in total. The number of hydrogen-bond acceptors (Lipinski definition) is 2. The molecule has 0 heterocycles. The lowest BCUT2D eigenvalue weighted by Crippen LogP contribution is -2.34. The Hall–Kier alpha value is -1.87. The number of hydrogen-bond donors (Lipinski definition) is 1. The topological polar surface area (TPSA) is 35.2 Å². The van der Waals surface area contributed by atoms with Gasteiger partial charge in [-0.05, 0) is 56.2 Å². The van der Waals surface area contributed by atoms with E-state index in [0.717, 1.165) is 16.9 Å². The highest BCUT2D eigenvalue weighted by Gasteiger charge is 2.24. The van der Waals surface area contributed by atoms with Crippen LogP contribution in [0.2, 0.25) is 0 Å². The van der Waals surface area contributed by atoms with Crippen LogP contribution in [0.3, 0.4) is 0 Å². The first kappa shape index (κ1) is 14.5. The Morgan fingerprint density at radius 3 is 2.25 bits per heavy atom. The van der Waals surface area contributed by atoms with Gasteiger partial charge in [-0.1, -0.05) is 24.3 Å². The first-order chi connectivity index (χ1) is 9.39. The van der Waals surface area contributed by atoms with E-state index in [0.29, 0.717) is 0 Å². The molecular formula is C17H20FNO. The maximum Gasteiger partial charge on any atom is 0.123 e. The summed E-state index contributed by atoms with van der Waals surface area (Å²) in [5.41, 5.74) is 7.27. The van der Waals surface area contributed by atoms with Crippen molar-refractivity contribution in [3.63, 3.8) is 0 Å². The van der Waals surface area contributed by atoms with Gasteiger partial charge in [0.15, 0.2) is 0 Å². The first-order valence-electron chi connectivity index (χ1n) is 6.71. The van der Waals surface area contributed by atoms with E-state index in [2.05, 4.69) is 0 Å².